The molecule has 0 atom stereocenters. The number of halogens is 1. The summed E-state index contributed by atoms with van der Waals surface area (Å²) >= 11 is 2.15. The molecule has 0 radical (unpaired) electrons. The van der Waals surface area contributed by atoms with E-state index in [0.717, 1.165) is 21.3 Å². The first kappa shape index (κ1) is 21.3. The van der Waals surface area contributed by atoms with Crippen molar-refractivity contribution in [3.05, 3.63) is 26.8 Å². The molecule has 0 spiro atoms. The van der Waals surface area contributed by atoms with Crippen molar-refractivity contribution in [1.82, 2.24) is 0 Å². The second-order valence-corrected chi connectivity index (χ2v) is 7.60. The average molecular weight is 446 g/mol. The van der Waals surface area contributed by atoms with E-state index in [0.29, 0.717) is 12.2 Å². The van der Waals surface area contributed by atoms with E-state index in [-0.39, 0.29) is 0 Å². The van der Waals surface area contributed by atoms with E-state index in [4.69, 9.17) is 9.84 Å². The molecule has 0 aromatic heterocycles. The zero-order valence-electron chi connectivity index (χ0n) is 15.1. The first-order valence-corrected chi connectivity index (χ1v) is 10.3. The second-order valence-electron chi connectivity index (χ2n) is 6.44. The number of hydrogen-bond donors (Lipinski definition) is 1. The molecule has 1 aromatic carbocycles. The number of carbonyl (C=O) groups is 1. The molecule has 3 nitrogen and oxygen atoms in total. The largest absolute Gasteiger partial charge is 0.492 e. The molecule has 0 amide bonds. The van der Waals surface area contributed by atoms with Gasteiger partial charge in [-0.15, -0.1) is 0 Å². The molecule has 1 N–H and O–H groups in total. The Morgan fingerprint density at radius 1 is 1.00 bits per heavy atom. The van der Waals surface area contributed by atoms with Crippen LogP contribution in [0.5, 0.6) is 5.75 Å². The molecule has 0 saturated heterocycles. The van der Waals surface area contributed by atoms with Gasteiger partial charge in [-0.2, -0.15) is 0 Å². The van der Waals surface area contributed by atoms with Crippen LogP contribution in [0.1, 0.15) is 87.1 Å². The van der Waals surface area contributed by atoms with Gasteiger partial charge in [-0.1, -0.05) is 64.7 Å². The number of unbranched alkanes of at least 4 members (excludes halogenated alkanes) is 9. The number of benzene rings is 1. The third-order valence-corrected chi connectivity index (χ3v) is 5.02. The van der Waals surface area contributed by atoms with Crippen LogP contribution in [0.4, 0.5) is 0 Å². The first-order valence-electron chi connectivity index (χ1n) is 9.22. The Bertz CT molecular complexity index is 477. The van der Waals surface area contributed by atoms with Gasteiger partial charge >= 0.3 is 5.97 Å². The first-order chi connectivity index (χ1) is 11.6. The predicted octanol–water partition coefficient (Wildman–Crippen LogP) is 6.60. The number of ether oxygens (including phenoxy) is 1. The van der Waals surface area contributed by atoms with Crippen LogP contribution < -0.4 is 4.74 Å². The van der Waals surface area contributed by atoms with Gasteiger partial charge in [0.1, 0.15) is 5.75 Å². The molecule has 0 aliphatic carbocycles. The van der Waals surface area contributed by atoms with Gasteiger partial charge in [0.25, 0.3) is 0 Å². The summed E-state index contributed by atoms with van der Waals surface area (Å²) in [5, 5.41) is 9.06. The molecule has 136 valence electrons. The van der Waals surface area contributed by atoms with Crippen molar-refractivity contribution < 1.29 is 14.6 Å². The molecule has 0 aliphatic heterocycles. The SMILES string of the molecule is CCCCCCCCCCCCOc1c(C)cc(C(=O)O)cc1I. The molecule has 0 fully saturated rings. The van der Waals surface area contributed by atoms with Crippen LogP contribution in [0.3, 0.4) is 0 Å². The van der Waals surface area contributed by atoms with Gasteiger partial charge in [-0.05, 0) is 53.6 Å². The Morgan fingerprint density at radius 3 is 2.04 bits per heavy atom. The highest BCUT2D eigenvalue weighted by Gasteiger charge is 2.11. The summed E-state index contributed by atoms with van der Waals surface area (Å²) in [6.07, 6.45) is 13.1. The number of aryl methyl sites for hydroxylation is 1. The molecule has 0 bridgehead atoms. The maximum Gasteiger partial charge on any atom is 0.335 e. The van der Waals surface area contributed by atoms with Crippen LogP contribution >= 0.6 is 22.6 Å². The summed E-state index contributed by atoms with van der Waals surface area (Å²) in [5.74, 6) is -0.0613. The van der Waals surface area contributed by atoms with Crippen molar-refractivity contribution in [3.63, 3.8) is 0 Å². The Balaban J connectivity index is 2.14. The lowest BCUT2D eigenvalue weighted by molar-refractivity contribution is 0.0696. The highest BCUT2D eigenvalue weighted by atomic mass is 127. The lowest BCUT2D eigenvalue weighted by Gasteiger charge is -2.12. The lowest BCUT2D eigenvalue weighted by Crippen LogP contribution is -2.04. The summed E-state index contributed by atoms with van der Waals surface area (Å²) < 4.78 is 6.75. The molecular formula is C20H31IO3. The average Bonchev–Trinajstić information content (AvgIpc) is 2.54. The fraction of sp³-hybridized carbons (Fsp3) is 0.650. The van der Waals surface area contributed by atoms with Crippen molar-refractivity contribution in [3.8, 4) is 5.75 Å². The Hall–Kier alpha value is -0.780. The van der Waals surface area contributed by atoms with Gasteiger partial charge < -0.3 is 9.84 Å². The van der Waals surface area contributed by atoms with Crippen molar-refractivity contribution >= 4 is 28.6 Å². The predicted molar refractivity (Wildman–Crippen MR) is 108 cm³/mol. The van der Waals surface area contributed by atoms with Gasteiger partial charge in [-0.25, -0.2) is 4.79 Å². The van der Waals surface area contributed by atoms with Crippen molar-refractivity contribution in [2.45, 2.75) is 78.1 Å². The minimum atomic E-state index is -0.891. The lowest BCUT2D eigenvalue weighted by atomic mass is 10.1. The monoisotopic (exact) mass is 446 g/mol. The Labute approximate surface area is 160 Å². The zero-order chi connectivity index (χ0) is 17.8. The van der Waals surface area contributed by atoms with Gasteiger partial charge in [0.15, 0.2) is 0 Å². The number of carboxylic acids is 1. The van der Waals surface area contributed by atoms with Crippen LogP contribution in [0, 0.1) is 10.5 Å². The maximum atomic E-state index is 11.0. The molecule has 0 heterocycles. The molecule has 1 aromatic rings. The quantitative estimate of drug-likeness (QED) is 0.274. The molecule has 1 rings (SSSR count). The summed E-state index contributed by atoms with van der Waals surface area (Å²) in [6.45, 7) is 4.87. The van der Waals surface area contributed by atoms with E-state index in [1.807, 2.05) is 6.92 Å². The normalized spacial score (nSPS) is 10.8. The third kappa shape index (κ3) is 8.36. The number of rotatable bonds is 13. The molecule has 24 heavy (non-hydrogen) atoms. The molecular weight excluding hydrogens is 415 g/mol. The van der Waals surface area contributed by atoms with Crippen LogP contribution in [0.25, 0.3) is 0 Å². The van der Waals surface area contributed by atoms with E-state index >= 15 is 0 Å². The fourth-order valence-electron chi connectivity index (χ4n) is 2.80. The summed E-state index contributed by atoms with van der Waals surface area (Å²) in [5.41, 5.74) is 1.22. The van der Waals surface area contributed by atoms with E-state index in [2.05, 4.69) is 29.5 Å². The van der Waals surface area contributed by atoms with Gasteiger partial charge in [0.05, 0.1) is 15.7 Å². The minimum absolute atomic E-state index is 0.322. The number of aromatic carboxylic acids is 1. The Kier molecular flexibility index (Phi) is 11.1. The van der Waals surface area contributed by atoms with E-state index < -0.39 is 5.97 Å². The van der Waals surface area contributed by atoms with Crippen molar-refractivity contribution in [2.75, 3.05) is 6.61 Å². The molecule has 0 aliphatic rings. The second kappa shape index (κ2) is 12.6. The standard InChI is InChI=1S/C20H31IO3/c1-3-4-5-6-7-8-9-10-11-12-13-24-19-16(2)14-17(20(22)23)15-18(19)21/h14-15H,3-13H2,1-2H3,(H,22,23). The smallest absolute Gasteiger partial charge is 0.335 e. The van der Waals surface area contributed by atoms with E-state index in [1.165, 1.54) is 57.8 Å². The van der Waals surface area contributed by atoms with Gasteiger partial charge in [0.2, 0.25) is 0 Å². The fourth-order valence-corrected chi connectivity index (χ4v) is 3.72. The van der Waals surface area contributed by atoms with Crippen molar-refractivity contribution in [1.29, 1.82) is 0 Å². The van der Waals surface area contributed by atoms with Crippen LogP contribution in [0.2, 0.25) is 0 Å². The summed E-state index contributed by atoms with van der Waals surface area (Å²) in [7, 11) is 0. The topological polar surface area (TPSA) is 46.5 Å². The van der Waals surface area contributed by atoms with Crippen LogP contribution in [0.15, 0.2) is 12.1 Å². The molecule has 4 heteroatoms. The zero-order valence-corrected chi connectivity index (χ0v) is 17.2. The minimum Gasteiger partial charge on any atom is -0.492 e. The number of carboxylic acid groups (broad SMARTS) is 1. The highest BCUT2D eigenvalue weighted by Crippen LogP contribution is 2.27. The number of hydrogen-bond acceptors (Lipinski definition) is 2. The van der Waals surface area contributed by atoms with E-state index in [9.17, 15) is 4.79 Å². The molecule has 0 unspecified atom stereocenters. The summed E-state index contributed by atoms with van der Waals surface area (Å²) in [4.78, 5) is 11.0. The summed E-state index contributed by atoms with van der Waals surface area (Å²) in [6, 6.07) is 3.35. The molecule has 0 saturated carbocycles. The third-order valence-electron chi connectivity index (χ3n) is 4.22. The van der Waals surface area contributed by atoms with Crippen LogP contribution in [-0.2, 0) is 0 Å². The Morgan fingerprint density at radius 2 is 1.54 bits per heavy atom. The van der Waals surface area contributed by atoms with Crippen LogP contribution in [-0.4, -0.2) is 17.7 Å². The van der Waals surface area contributed by atoms with E-state index in [1.54, 1.807) is 12.1 Å². The maximum absolute atomic E-state index is 11.0. The highest BCUT2D eigenvalue weighted by molar-refractivity contribution is 14.1. The van der Waals surface area contributed by atoms with Gasteiger partial charge in [0, 0.05) is 0 Å². The van der Waals surface area contributed by atoms with Crippen molar-refractivity contribution in [2.24, 2.45) is 0 Å². The van der Waals surface area contributed by atoms with Gasteiger partial charge in [-0.3, -0.25) is 0 Å².